The molecule has 1 aromatic rings. The van der Waals surface area contributed by atoms with Crippen molar-refractivity contribution in [2.75, 3.05) is 46.4 Å². The topological polar surface area (TPSA) is 32.8 Å². The standard InChI is InChI=1S/C21H32N2O2S/c1-25-14-19-13-23(20(24)18-6-11-26-15-18)16-21(19)7-9-22(10-8-21)12-17-4-2-3-5-17/h6,11,15,17,19H,2-5,7-10,12-14,16H2,1H3/t19-/m0/s1. The highest BCUT2D eigenvalue weighted by molar-refractivity contribution is 7.08. The van der Waals surface area contributed by atoms with E-state index in [0.29, 0.717) is 5.92 Å². The molecule has 2 saturated heterocycles. The first kappa shape index (κ1) is 18.5. The third-order valence-electron chi connectivity index (χ3n) is 7.08. The summed E-state index contributed by atoms with van der Waals surface area (Å²) in [7, 11) is 1.80. The molecule has 2 aliphatic heterocycles. The highest BCUT2D eigenvalue weighted by Crippen LogP contribution is 2.45. The number of methoxy groups -OCH3 is 1. The smallest absolute Gasteiger partial charge is 0.254 e. The first-order chi connectivity index (χ1) is 12.7. The van der Waals surface area contributed by atoms with Gasteiger partial charge in [0.05, 0.1) is 12.2 Å². The van der Waals surface area contributed by atoms with Crippen LogP contribution in [-0.4, -0.2) is 62.1 Å². The fourth-order valence-electron chi connectivity index (χ4n) is 5.49. The van der Waals surface area contributed by atoms with Crippen molar-refractivity contribution in [1.29, 1.82) is 0 Å². The first-order valence-corrected chi connectivity index (χ1v) is 11.2. The molecule has 1 aliphatic carbocycles. The minimum Gasteiger partial charge on any atom is -0.384 e. The Hall–Kier alpha value is -0.910. The zero-order valence-corrected chi connectivity index (χ0v) is 16.8. The maximum absolute atomic E-state index is 12.9. The molecule has 144 valence electrons. The van der Waals surface area contributed by atoms with Crippen LogP contribution in [0.25, 0.3) is 0 Å². The fourth-order valence-corrected chi connectivity index (χ4v) is 6.12. The van der Waals surface area contributed by atoms with Gasteiger partial charge in [0.2, 0.25) is 0 Å². The molecule has 4 rings (SSSR count). The molecule has 1 saturated carbocycles. The van der Waals surface area contributed by atoms with Gasteiger partial charge in [-0.3, -0.25) is 4.79 Å². The van der Waals surface area contributed by atoms with E-state index in [2.05, 4.69) is 9.80 Å². The summed E-state index contributed by atoms with van der Waals surface area (Å²) in [5.41, 5.74) is 1.11. The summed E-state index contributed by atoms with van der Waals surface area (Å²) in [5, 5.41) is 3.97. The van der Waals surface area contributed by atoms with Gasteiger partial charge in [0.1, 0.15) is 0 Å². The van der Waals surface area contributed by atoms with Crippen molar-refractivity contribution in [1.82, 2.24) is 9.80 Å². The SMILES string of the molecule is COC[C@@H]1CN(C(=O)c2ccsc2)CC12CCN(CC1CCCC1)CC2. The van der Waals surface area contributed by atoms with Gasteiger partial charge in [-0.05, 0) is 61.6 Å². The molecule has 1 atom stereocenters. The Morgan fingerprint density at radius 3 is 2.73 bits per heavy atom. The summed E-state index contributed by atoms with van der Waals surface area (Å²) in [6.07, 6.45) is 8.13. The van der Waals surface area contributed by atoms with Gasteiger partial charge in [-0.25, -0.2) is 0 Å². The van der Waals surface area contributed by atoms with E-state index in [9.17, 15) is 4.79 Å². The molecular weight excluding hydrogens is 344 g/mol. The van der Waals surface area contributed by atoms with Gasteiger partial charge in [-0.1, -0.05) is 12.8 Å². The van der Waals surface area contributed by atoms with Crippen LogP contribution in [0, 0.1) is 17.3 Å². The number of thiophene rings is 1. The van der Waals surface area contributed by atoms with Crippen LogP contribution < -0.4 is 0 Å². The lowest BCUT2D eigenvalue weighted by molar-refractivity contribution is 0.0328. The number of rotatable bonds is 5. The average Bonchev–Trinajstić information content (AvgIpc) is 3.40. The average molecular weight is 377 g/mol. The molecule has 4 nitrogen and oxygen atoms in total. The van der Waals surface area contributed by atoms with E-state index in [1.54, 1.807) is 18.4 Å². The Bertz CT molecular complexity index is 589. The third-order valence-corrected chi connectivity index (χ3v) is 7.76. The van der Waals surface area contributed by atoms with Crippen LogP contribution in [-0.2, 0) is 4.74 Å². The quantitative estimate of drug-likeness (QED) is 0.785. The number of nitrogens with zero attached hydrogens (tertiary/aromatic N) is 2. The maximum Gasteiger partial charge on any atom is 0.254 e. The molecule has 3 aliphatic rings. The Morgan fingerprint density at radius 1 is 1.31 bits per heavy atom. The number of amides is 1. The molecule has 3 fully saturated rings. The number of hydrogen-bond acceptors (Lipinski definition) is 4. The predicted molar refractivity (Wildman–Crippen MR) is 106 cm³/mol. The third kappa shape index (κ3) is 3.71. The summed E-state index contributed by atoms with van der Waals surface area (Å²) >= 11 is 1.60. The van der Waals surface area contributed by atoms with Crippen molar-refractivity contribution >= 4 is 17.2 Å². The number of ether oxygens (including phenoxy) is 1. The van der Waals surface area contributed by atoms with E-state index in [0.717, 1.165) is 31.2 Å². The zero-order valence-electron chi connectivity index (χ0n) is 16.0. The van der Waals surface area contributed by atoms with E-state index >= 15 is 0 Å². The van der Waals surface area contributed by atoms with Gasteiger partial charge >= 0.3 is 0 Å². The number of likely N-dealkylation sites (tertiary alicyclic amines) is 2. The Balaban J connectivity index is 1.40. The lowest BCUT2D eigenvalue weighted by Crippen LogP contribution is -2.46. The van der Waals surface area contributed by atoms with E-state index in [-0.39, 0.29) is 11.3 Å². The molecule has 3 heterocycles. The minimum atomic E-state index is 0.206. The lowest BCUT2D eigenvalue weighted by Gasteiger charge is -2.43. The highest BCUT2D eigenvalue weighted by atomic mass is 32.1. The second kappa shape index (κ2) is 7.99. The van der Waals surface area contributed by atoms with Crippen LogP contribution in [0.1, 0.15) is 48.9 Å². The van der Waals surface area contributed by atoms with E-state index < -0.39 is 0 Å². The normalized spacial score (nSPS) is 26.8. The molecule has 26 heavy (non-hydrogen) atoms. The lowest BCUT2D eigenvalue weighted by atomic mass is 9.71. The summed E-state index contributed by atoms with van der Waals surface area (Å²) in [5.74, 6) is 1.61. The van der Waals surface area contributed by atoms with Crippen molar-refractivity contribution < 1.29 is 9.53 Å². The van der Waals surface area contributed by atoms with Crippen molar-refractivity contribution in [2.24, 2.45) is 17.3 Å². The van der Waals surface area contributed by atoms with Crippen molar-refractivity contribution in [2.45, 2.75) is 38.5 Å². The summed E-state index contributed by atoms with van der Waals surface area (Å²) in [6.45, 7) is 6.21. The Kier molecular flexibility index (Phi) is 5.67. The van der Waals surface area contributed by atoms with Crippen LogP contribution in [0.15, 0.2) is 16.8 Å². The van der Waals surface area contributed by atoms with Crippen LogP contribution in [0.4, 0.5) is 0 Å². The monoisotopic (exact) mass is 376 g/mol. The molecule has 0 radical (unpaired) electrons. The highest BCUT2D eigenvalue weighted by Gasteiger charge is 2.49. The number of piperidine rings is 1. The molecule has 1 spiro atoms. The molecule has 1 amide bonds. The molecule has 0 bridgehead atoms. The Morgan fingerprint density at radius 2 is 2.08 bits per heavy atom. The first-order valence-electron chi connectivity index (χ1n) is 10.2. The van der Waals surface area contributed by atoms with Gasteiger partial charge in [-0.2, -0.15) is 11.3 Å². The summed E-state index contributed by atoms with van der Waals surface area (Å²) < 4.78 is 5.56. The second-order valence-corrected chi connectivity index (χ2v) is 9.44. The molecular formula is C21H32N2O2S. The summed E-state index contributed by atoms with van der Waals surface area (Å²) in [4.78, 5) is 17.6. The maximum atomic E-state index is 12.9. The molecule has 5 heteroatoms. The van der Waals surface area contributed by atoms with E-state index in [4.69, 9.17) is 4.74 Å². The van der Waals surface area contributed by atoms with Crippen molar-refractivity contribution in [3.63, 3.8) is 0 Å². The number of carbonyl (C=O) groups excluding carboxylic acids is 1. The van der Waals surface area contributed by atoms with Gasteiger partial charge in [0, 0.05) is 38.0 Å². The van der Waals surface area contributed by atoms with E-state index in [1.165, 1.54) is 58.2 Å². The van der Waals surface area contributed by atoms with Crippen LogP contribution in [0.2, 0.25) is 0 Å². The van der Waals surface area contributed by atoms with E-state index in [1.807, 2.05) is 16.8 Å². The zero-order chi connectivity index (χ0) is 18.0. The van der Waals surface area contributed by atoms with Crippen LogP contribution in [0.3, 0.4) is 0 Å². The second-order valence-electron chi connectivity index (χ2n) is 8.66. The molecule has 0 N–H and O–H groups in total. The van der Waals surface area contributed by atoms with Gasteiger partial charge in [-0.15, -0.1) is 0 Å². The van der Waals surface area contributed by atoms with Crippen molar-refractivity contribution in [3.8, 4) is 0 Å². The van der Waals surface area contributed by atoms with Crippen LogP contribution >= 0.6 is 11.3 Å². The number of hydrogen-bond donors (Lipinski definition) is 0. The Labute approximate surface area is 161 Å². The predicted octanol–water partition coefficient (Wildman–Crippen LogP) is 3.74. The largest absolute Gasteiger partial charge is 0.384 e. The molecule has 0 unspecified atom stereocenters. The van der Waals surface area contributed by atoms with Gasteiger partial charge in [0.15, 0.2) is 0 Å². The fraction of sp³-hybridized carbons (Fsp3) is 0.762. The molecule has 0 aromatic carbocycles. The summed E-state index contributed by atoms with van der Waals surface area (Å²) in [6, 6.07) is 1.95. The molecule has 1 aromatic heterocycles. The van der Waals surface area contributed by atoms with Gasteiger partial charge < -0.3 is 14.5 Å². The minimum absolute atomic E-state index is 0.206. The van der Waals surface area contributed by atoms with Crippen molar-refractivity contribution in [3.05, 3.63) is 22.4 Å². The number of carbonyl (C=O) groups is 1. The van der Waals surface area contributed by atoms with Gasteiger partial charge in [0.25, 0.3) is 5.91 Å². The van der Waals surface area contributed by atoms with Crippen LogP contribution in [0.5, 0.6) is 0 Å².